The van der Waals surface area contributed by atoms with Gasteiger partial charge < -0.3 is 5.32 Å². The Bertz CT molecular complexity index is 447. The number of hydrogen-bond donors (Lipinski definition) is 1. The van der Waals surface area contributed by atoms with Crippen LogP contribution >= 0.6 is 15.9 Å². The summed E-state index contributed by atoms with van der Waals surface area (Å²) in [6.45, 7) is 4.64. The van der Waals surface area contributed by atoms with E-state index in [1.54, 1.807) is 0 Å². The smallest absolute Gasteiger partial charge is 0.137 e. The van der Waals surface area contributed by atoms with E-state index in [9.17, 15) is 4.39 Å². The predicted molar refractivity (Wildman–Crippen MR) is 86.3 cm³/mol. The Hall–Kier alpha value is -0.410. The molecule has 0 saturated heterocycles. The van der Waals surface area contributed by atoms with E-state index in [1.807, 2.05) is 19.2 Å². The number of nitrogens with one attached hydrogen (secondary N) is 1. The first-order chi connectivity index (χ1) is 9.52. The van der Waals surface area contributed by atoms with Gasteiger partial charge in [0.25, 0.3) is 0 Å². The van der Waals surface area contributed by atoms with Crippen LogP contribution in [0.3, 0.4) is 0 Å². The molecular formula is C17H25BrFN. The van der Waals surface area contributed by atoms with Crippen molar-refractivity contribution in [1.82, 2.24) is 5.32 Å². The molecule has 1 nitrogen and oxygen atoms in total. The molecule has 1 aliphatic carbocycles. The maximum Gasteiger partial charge on any atom is 0.137 e. The van der Waals surface area contributed by atoms with Gasteiger partial charge in [0.15, 0.2) is 0 Å². The van der Waals surface area contributed by atoms with Gasteiger partial charge in [-0.15, -0.1) is 0 Å². The molecular weight excluding hydrogens is 317 g/mol. The molecule has 0 aliphatic heterocycles. The molecule has 1 aromatic carbocycles. The minimum absolute atomic E-state index is 0.153. The van der Waals surface area contributed by atoms with Crippen LogP contribution in [0.5, 0.6) is 0 Å². The van der Waals surface area contributed by atoms with Crippen molar-refractivity contribution in [3.05, 3.63) is 34.1 Å². The summed E-state index contributed by atoms with van der Waals surface area (Å²) in [4.78, 5) is 0. The Balaban J connectivity index is 2.13. The predicted octanol–water partition coefficient (Wildman–Crippen LogP) is 4.79. The van der Waals surface area contributed by atoms with Crippen molar-refractivity contribution >= 4 is 15.9 Å². The van der Waals surface area contributed by atoms with E-state index in [1.165, 1.54) is 25.3 Å². The van der Waals surface area contributed by atoms with Gasteiger partial charge in [0.2, 0.25) is 0 Å². The molecule has 2 rings (SSSR count). The summed E-state index contributed by atoms with van der Waals surface area (Å²) in [6, 6.07) is 5.92. The van der Waals surface area contributed by atoms with Gasteiger partial charge in [-0.05, 0) is 78.0 Å². The molecule has 1 aliphatic rings. The van der Waals surface area contributed by atoms with Crippen LogP contribution in [0.4, 0.5) is 4.39 Å². The van der Waals surface area contributed by atoms with Gasteiger partial charge in [-0.2, -0.15) is 0 Å². The van der Waals surface area contributed by atoms with Crippen molar-refractivity contribution in [2.24, 2.45) is 17.8 Å². The van der Waals surface area contributed by atoms with E-state index >= 15 is 0 Å². The molecule has 1 saturated carbocycles. The average molecular weight is 342 g/mol. The fourth-order valence-electron chi connectivity index (χ4n) is 3.50. The van der Waals surface area contributed by atoms with Crippen LogP contribution in [0.15, 0.2) is 22.7 Å². The van der Waals surface area contributed by atoms with E-state index < -0.39 is 0 Å². The lowest BCUT2D eigenvalue weighted by Gasteiger charge is -2.38. The molecule has 0 radical (unpaired) electrons. The van der Waals surface area contributed by atoms with Gasteiger partial charge in [0.1, 0.15) is 5.82 Å². The molecule has 0 bridgehead atoms. The van der Waals surface area contributed by atoms with Crippen molar-refractivity contribution < 1.29 is 4.39 Å². The molecule has 1 N–H and O–H groups in total. The van der Waals surface area contributed by atoms with Crippen molar-refractivity contribution in [2.75, 3.05) is 7.05 Å². The van der Waals surface area contributed by atoms with E-state index in [4.69, 9.17) is 0 Å². The fourth-order valence-corrected chi connectivity index (χ4v) is 3.93. The first kappa shape index (κ1) is 16.0. The standard InChI is InChI=1S/C17H25BrFN/c1-11(2)12-7-8-16(20-3)14(9-12)10-13-5-4-6-15(19)17(13)18/h4-6,11-12,14,16,20H,7-10H2,1-3H3. The molecule has 0 aromatic heterocycles. The molecule has 1 fully saturated rings. The molecule has 20 heavy (non-hydrogen) atoms. The van der Waals surface area contributed by atoms with Crippen LogP contribution in [0, 0.1) is 23.6 Å². The third-order valence-corrected chi connectivity index (χ3v) is 5.74. The zero-order valence-corrected chi connectivity index (χ0v) is 14.2. The fraction of sp³-hybridized carbons (Fsp3) is 0.647. The second-order valence-corrected chi connectivity index (χ2v) is 7.18. The van der Waals surface area contributed by atoms with Crippen molar-refractivity contribution in [1.29, 1.82) is 0 Å². The topological polar surface area (TPSA) is 12.0 Å². The summed E-state index contributed by atoms with van der Waals surface area (Å²) >= 11 is 3.40. The molecule has 3 unspecified atom stereocenters. The summed E-state index contributed by atoms with van der Waals surface area (Å²) in [5.74, 6) is 1.99. The molecule has 0 amide bonds. The molecule has 3 atom stereocenters. The molecule has 3 heteroatoms. The van der Waals surface area contributed by atoms with Crippen LogP contribution in [-0.4, -0.2) is 13.1 Å². The molecule has 1 aromatic rings. The highest BCUT2D eigenvalue weighted by atomic mass is 79.9. The first-order valence-electron chi connectivity index (χ1n) is 7.63. The van der Waals surface area contributed by atoms with Gasteiger partial charge in [0, 0.05) is 6.04 Å². The third kappa shape index (κ3) is 3.62. The maximum absolute atomic E-state index is 13.7. The highest BCUT2D eigenvalue weighted by Crippen LogP contribution is 2.36. The minimum atomic E-state index is -0.153. The van der Waals surface area contributed by atoms with Crippen molar-refractivity contribution in [3.8, 4) is 0 Å². The summed E-state index contributed by atoms with van der Waals surface area (Å²) in [5, 5.41) is 3.46. The SMILES string of the molecule is CNC1CCC(C(C)C)CC1Cc1cccc(F)c1Br. The van der Waals surface area contributed by atoms with E-state index in [0.717, 1.165) is 23.8 Å². The largest absolute Gasteiger partial charge is 0.317 e. The number of halogens is 2. The second-order valence-electron chi connectivity index (χ2n) is 6.39. The van der Waals surface area contributed by atoms with Crippen LogP contribution in [0.1, 0.15) is 38.7 Å². The van der Waals surface area contributed by atoms with E-state index in [-0.39, 0.29) is 5.82 Å². The van der Waals surface area contributed by atoms with Crippen LogP contribution in [0.25, 0.3) is 0 Å². The lowest BCUT2D eigenvalue weighted by atomic mass is 9.72. The third-order valence-electron chi connectivity index (χ3n) is 4.85. The van der Waals surface area contributed by atoms with Gasteiger partial charge in [-0.1, -0.05) is 26.0 Å². The van der Waals surface area contributed by atoms with Gasteiger partial charge >= 0.3 is 0 Å². The van der Waals surface area contributed by atoms with Crippen molar-refractivity contribution in [2.45, 2.75) is 45.6 Å². The molecule has 0 heterocycles. The Morgan fingerprint density at radius 1 is 1.35 bits per heavy atom. The highest BCUT2D eigenvalue weighted by molar-refractivity contribution is 9.10. The number of benzene rings is 1. The van der Waals surface area contributed by atoms with Gasteiger partial charge in [-0.25, -0.2) is 4.39 Å². The monoisotopic (exact) mass is 341 g/mol. The zero-order chi connectivity index (χ0) is 14.7. The normalized spacial score (nSPS) is 27.0. The molecule has 0 spiro atoms. The van der Waals surface area contributed by atoms with Crippen LogP contribution in [0.2, 0.25) is 0 Å². The Labute approximate surface area is 130 Å². The lowest BCUT2D eigenvalue weighted by Crippen LogP contribution is -2.40. The molecule has 112 valence electrons. The van der Waals surface area contributed by atoms with E-state index in [0.29, 0.717) is 16.4 Å². The zero-order valence-electron chi connectivity index (χ0n) is 12.6. The quantitative estimate of drug-likeness (QED) is 0.829. The van der Waals surface area contributed by atoms with Crippen molar-refractivity contribution in [3.63, 3.8) is 0 Å². The summed E-state index contributed by atoms with van der Waals surface area (Å²) in [6.07, 6.45) is 4.74. The lowest BCUT2D eigenvalue weighted by molar-refractivity contribution is 0.172. The number of hydrogen-bond acceptors (Lipinski definition) is 1. The summed E-state index contributed by atoms with van der Waals surface area (Å²) in [5.41, 5.74) is 1.10. The summed E-state index contributed by atoms with van der Waals surface area (Å²) in [7, 11) is 2.05. The first-order valence-corrected chi connectivity index (χ1v) is 8.42. The number of rotatable bonds is 4. The Morgan fingerprint density at radius 3 is 2.75 bits per heavy atom. The second kappa shape index (κ2) is 7.04. The summed E-state index contributed by atoms with van der Waals surface area (Å²) < 4.78 is 14.3. The van der Waals surface area contributed by atoms with Crippen LogP contribution < -0.4 is 5.32 Å². The van der Waals surface area contributed by atoms with Gasteiger partial charge in [0.05, 0.1) is 4.47 Å². The van der Waals surface area contributed by atoms with E-state index in [2.05, 4.69) is 35.1 Å². The van der Waals surface area contributed by atoms with Gasteiger partial charge in [-0.3, -0.25) is 0 Å². The van der Waals surface area contributed by atoms with Crippen LogP contribution in [-0.2, 0) is 6.42 Å². The highest BCUT2D eigenvalue weighted by Gasteiger charge is 2.31. The minimum Gasteiger partial charge on any atom is -0.317 e. The Kier molecular flexibility index (Phi) is 5.62. The Morgan fingerprint density at radius 2 is 2.10 bits per heavy atom. The average Bonchev–Trinajstić information content (AvgIpc) is 2.43. The maximum atomic E-state index is 13.7.